The second-order valence-electron chi connectivity index (χ2n) is 3.83. The number of unbranched alkanes of at least 4 members (excludes halogenated alkanes) is 6. The molecule has 0 fully saturated rings. The molecule has 0 rings (SSSR count). The Bertz CT molecular complexity index is 103. The van der Waals surface area contributed by atoms with Gasteiger partial charge in [-0.15, -0.1) is 6.58 Å². The van der Waals surface area contributed by atoms with Crippen molar-refractivity contribution in [3.8, 4) is 0 Å². The summed E-state index contributed by atoms with van der Waals surface area (Å²) in [7, 11) is 0. The van der Waals surface area contributed by atoms with Crippen molar-refractivity contribution in [2.24, 2.45) is 0 Å². The van der Waals surface area contributed by atoms with E-state index in [4.69, 9.17) is 0 Å². The fourth-order valence-electron chi connectivity index (χ4n) is 1.38. The van der Waals surface area contributed by atoms with Gasteiger partial charge in [-0.2, -0.15) is 0 Å². The molecule has 0 bridgehead atoms. The molecule has 100 valence electrons. The average molecular weight is 228 g/mol. The molecular formula is C16H36. The summed E-state index contributed by atoms with van der Waals surface area (Å²) in [4.78, 5) is 0. The second-order valence-corrected chi connectivity index (χ2v) is 3.83. The highest BCUT2D eigenvalue weighted by atomic mass is 14.0. The summed E-state index contributed by atoms with van der Waals surface area (Å²) >= 11 is 0. The van der Waals surface area contributed by atoms with Gasteiger partial charge in [0.15, 0.2) is 0 Å². The lowest BCUT2D eigenvalue weighted by molar-refractivity contribution is 0.589. The lowest BCUT2D eigenvalue weighted by Gasteiger charge is -2.00. The van der Waals surface area contributed by atoms with E-state index < -0.39 is 0 Å². The lowest BCUT2D eigenvalue weighted by atomic mass is 10.1. The molecule has 0 saturated carbocycles. The van der Waals surface area contributed by atoms with Gasteiger partial charge < -0.3 is 0 Å². The minimum absolute atomic E-state index is 1.23. The molecule has 0 aliphatic carbocycles. The van der Waals surface area contributed by atoms with Crippen LogP contribution in [0.15, 0.2) is 12.2 Å². The number of hydrogen-bond donors (Lipinski definition) is 0. The quantitative estimate of drug-likeness (QED) is 0.318. The van der Waals surface area contributed by atoms with Crippen molar-refractivity contribution in [3.05, 3.63) is 12.2 Å². The fourth-order valence-corrected chi connectivity index (χ4v) is 1.38. The third-order valence-corrected chi connectivity index (χ3v) is 2.21. The molecule has 0 saturated heterocycles. The van der Waals surface area contributed by atoms with Crippen molar-refractivity contribution in [2.45, 2.75) is 92.9 Å². The highest BCUT2D eigenvalue weighted by Crippen LogP contribution is 2.10. The largest absolute Gasteiger partial charge is 0.100 e. The van der Waals surface area contributed by atoms with Crippen LogP contribution < -0.4 is 0 Å². The molecule has 0 heterocycles. The normalized spacial score (nSPS) is 8.38. The third-order valence-electron chi connectivity index (χ3n) is 2.21. The van der Waals surface area contributed by atoms with Crippen LogP contribution in [-0.4, -0.2) is 0 Å². The minimum Gasteiger partial charge on any atom is -0.100 e. The number of hydrogen-bond acceptors (Lipinski definition) is 0. The van der Waals surface area contributed by atoms with E-state index >= 15 is 0 Å². The molecule has 16 heavy (non-hydrogen) atoms. The highest BCUT2D eigenvalue weighted by Gasteiger charge is 1.90. The van der Waals surface area contributed by atoms with Crippen LogP contribution in [0.4, 0.5) is 0 Å². The molecule has 0 radical (unpaired) electrons. The van der Waals surface area contributed by atoms with Gasteiger partial charge in [-0.05, 0) is 19.8 Å². The predicted octanol–water partition coefficient (Wildman–Crippen LogP) is 6.76. The topological polar surface area (TPSA) is 0 Å². The van der Waals surface area contributed by atoms with E-state index in [0.717, 1.165) is 0 Å². The Morgan fingerprint density at radius 3 is 1.50 bits per heavy atom. The first-order chi connectivity index (χ1) is 7.77. The van der Waals surface area contributed by atoms with E-state index in [1.54, 1.807) is 0 Å². The summed E-state index contributed by atoms with van der Waals surface area (Å²) in [5, 5.41) is 0. The summed E-state index contributed by atoms with van der Waals surface area (Å²) in [6.45, 7) is 16.3. The van der Waals surface area contributed by atoms with Crippen LogP contribution in [0.2, 0.25) is 0 Å². The number of rotatable bonds is 8. The Balaban J connectivity index is -0.000000376. The van der Waals surface area contributed by atoms with Crippen molar-refractivity contribution in [3.63, 3.8) is 0 Å². The fraction of sp³-hybridized carbons (Fsp3) is 0.875. The van der Waals surface area contributed by atoms with Crippen LogP contribution in [0, 0.1) is 0 Å². The number of allylic oxidation sites excluding steroid dienone is 1. The molecule has 0 unspecified atom stereocenters. The first-order valence-corrected chi connectivity index (χ1v) is 7.41. The van der Waals surface area contributed by atoms with Gasteiger partial charge in [0.2, 0.25) is 0 Å². The van der Waals surface area contributed by atoms with Gasteiger partial charge in [-0.25, -0.2) is 0 Å². The molecule has 0 amide bonds. The zero-order chi connectivity index (χ0) is 13.2. The molecule has 0 aliphatic rings. The van der Waals surface area contributed by atoms with Gasteiger partial charge in [0.05, 0.1) is 0 Å². The van der Waals surface area contributed by atoms with Gasteiger partial charge >= 0.3 is 0 Å². The maximum Gasteiger partial charge on any atom is -0.0326 e. The molecule has 0 aliphatic heterocycles. The van der Waals surface area contributed by atoms with E-state index in [9.17, 15) is 0 Å². The third kappa shape index (κ3) is 29.2. The molecule has 0 heteroatoms. The molecule has 0 atom stereocenters. The summed E-state index contributed by atoms with van der Waals surface area (Å²) in [5.74, 6) is 0. The maximum atomic E-state index is 3.90. The molecular weight excluding hydrogens is 192 g/mol. The molecule has 0 aromatic carbocycles. The minimum atomic E-state index is 1.23. The summed E-state index contributed by atoms with van der Waals surface area (Å²) in [5.41, 5.74) is 1.34. The van der Waals surface area contributed by atoms with Crippen molar-refractivity contribution < 1.29 is 0 Å². The van der Waals surface area contributed by atoms with Crippen LogP contribution in [0.5, 0.6) is 0 Å². The Hall–Kier alpha value is -0.260. The van der Waals surface area contributed by atoms with Gasteiger partial charge in [0, 0.05) is 0 Å². The van der Waals surface area contributed by atoms with Crippen molar-refractivity contribution in [1.29, 1.82) is 0 Å². The van der Waals surface area contributed by atoms with Crippen LogP contribution in [0.1, 0.15) is 92.9 Å². The molecule has 0 aromatic heterocycles. The summed E-state index contributed by atoms with van der Waals surface area (Å²) < 4.78 is 0. The average Bonchev–Trinajstić information content (AvgIpc) is 2.33. The van der Waals surface area contributed by atoms with Crippen LogP contribution in [-0.2, 0) is 0 Å². The smallest absolute Gasteiger partial charge is 0.0326 e. The maximum absolute atomic E-state index is 3.90. The SMILES string of the molecule is C=C(C)CCCCCCCCC.CC.CC. The molecule has 0 aromatic rings. The standard InChI is InChI=1S/C12H24.2C2H6/c1-4-5-6-7-8-9-10-11-12(2)3;2*1-2/h2,4-11H2,1,3H3;2*1-2H3. The predicted molar refractivity (Wildman–Crippen MR) is 80.1 cm³/mol. The van der Waals surface area contributed by atoms with Crippen LogP contribution >= 0.6 is 0 Å². The van der Waals surface area contributed by atoms with Crippen molar-refractivity contribution >= 4 is 0 Å². The van der Waals surface area contributed by atoms with Crippen molar-refractivity contribution in [1.82, 2.24) is 0 Å². The van der Waals surface area contributed by atoms with E-state index in [0.29, 0.717) is 0 Å². The Kier molecular flexibility index (Phi) is 31.8. The summed E-state index contributed by atoms with van der Waals surface area (Å²) in [6.07, 6.45) is 11.0. The Morgan fingerprint density at radius 1 is 0.750 bits per heavy atom. The summed E-state index contributed by atoms with van der Waals surface area (Å²) in [6, 6.07) is 0. The van der Waals surface area contributed by atoms with E-state index in [-0.39, 0.29) is 0 Å². The Morgan fingerprint density at radius 2 is 1.12 bits per heavy atom. The van der Waals surface area contributed by atoms with Crippen LogP contribution in [0.25, 0.3) is 0 Å². The molecule has 0 nitrogen and oxygen atoms in total. The zero-order valence-electron chi connectivity index (χ0n) is 12.9. The zero-order valence-corrected chi connectivity index (χ0v) is 12.9. The second kappa shape index (κ2) is 24.1. The van der Waals surface area contributed by atoms with Crippen LogP contribution in [0.3, 0.4) is 0 Å². The molecule has 0 N–H and O–H groups in total. The van der Waals surface area contributed by atoms with Crippen molar-refractivity contribution in [2.75, 3.05) is 0 Å². The first-order valence-electron chi connectivity index (χ1n) is 7.41. The van der Waals surface area contributed by atoms with E-state index in [2.05, 4.69) is 20.4 Å². The van der Waals surface area contributed by atoms with Gasteiger partial charge in [-0.3, -0.25) is 0 Å². The Labute approximate surface area is 106 Å². The van der Waals surface area contributed by atoms with Gasteiger partial charge in [0.1, 0.15) is 0 Å². The van der Waals surface area contributed by atoms with Gasteiger partial charge in [0.25, 0.3) is 0 Å². The monoisotopic (exact) mass is 228 g/mol. The van der Waals surface area contributed by atoms with Gasteiger partial charge in [-0.1, -0.05) is 78.7 Å². The highest BCUT2D eigenvalue weighted by molar-refractivity contribution is 4.86. The first kappa shape index (κ1) is 21.1. The molecule has 0 spiro atoms. The van der Waals surface area contributed by atoms with E-state index in [1.807, 2.05) is 27.7 Å². The lowest BCUT2D eigenvalue weighted by Crippen LogP contribution is -1.80. The van der Waals surface area contributed by atoms with E-state index in [1.165, 1.54) is 56.9 Å².